The average Bonchev–Trinajstić information content (AvgIpc) is 2.80. The van der Waals surface area contributed by atoms with Gasteiger partial charge in [-0.05, 0) is 52.4 Å². The number of rotatable bonds is 5. The highest BCUT2D eigenvalue weighted by atomic mass is 15.2. The molecular formula is C15H28N4. The molecule has 1 aromatic heterocycles. The van der Waals surface area contributed by atoms with Crippen LogP contribution in [0.15, 0.2) is 12.5 Å². The highest BCUT2D eigenvalue weighted by Gasteiger charge is 2.31. The second-order valence-electron chi connectivity index (χ2n) is 5.49. The van der Waals surface area contributed by atoms with E-state index in [4.69, 9.17) is 0 Å². The van der Waals surface area contributed by atoms with Crippen molar-refractivity contribution in [2.45, 2.75) is 45.7 Å². The average molecular weight is 264 g/mol. The van der Waals surface area contributed by atoms with Crippen LogP contribution in [0.25, 0.3) is 0 Å². The SMILES string of the molecule is CCN1CCCCC(CNC)C1c1cncn1CC. The first-order chi connectivity index (χ1) is 9.31. The van der Waals surface area contributed by atoms with Crippen LogP contribution in [0.3, 0.4) is 0 Å². The molecule has 0 aliphatic carbocycles. The Bertz CT molecular complexity index is 374. The van der Waals surface area contributed by atoms with E-state index in [1.54, 1.807) is 0 Å². The molecule has 4 heteroatoms. The predicted octanol–water partition coefficient (Wildman–Crippen LogP) is 2.29. The van der Waals surface area contributed by atoms with E-state index in [9.17, 15) is 0 Å². The molecule has 4 nitrogen and oxygen atoms in total. The Morgan fingerprint density at radius 1 is 1.32 bits per heavy atom. The number of hydrogen-bond donors (Lipinski definition) is 1. The molecule has 0 radical (unpaired) electrons. The molecule has 2 rings (SSSR count). The largest absolute Gasteiger partial charge is 0.333 e. The Hall–Kier alpha value is -0.870. The van der Waals surface area contributed by atoms with Gasteiger partial charge in [-0.2, -0.15) is 0 Å². The van der Waals surface area contributed by atoms with E-state index < -0.39 is 0 Å². The maximum Gasteiger partial charge on any atom is 0.0948 e. The fourth-order valence-corrected chi connectivity index (χ4v) is 3.42. The van der Waals surface area contributed by atoms with Crippen molar-refractivity contribution in [2.75, 3.05) is 26.7 Å². The van der Waals surface area contributed by atoms with Crippen LogP contribution in [0.2, 0.25) is 0 Å². The summed E-state index contributed by atoms with van der Waals surface area (Å²) >= 11 is 0. The summed E-state index contributed by atoms with van der Waals surface area (Å²) in [6.07, 6.45) is 8.04. The minimum Gasteiger partial charge on any atom is -0.333 e. The molecule has 2 heterocycles. The lowest BCUT2D eigenvalue weighted by molar-refractivity contribution is 0.155. The maximum atomic E-state index is 4.38. The molecule has 1 aromatic rings. The van der Waals surface area contributed by atoms with E-state index in [1.165, 1.54) is 31.5 Å². The predicted molar refractivity (Wildman–Crippen MR) is 79.2 cm³/mol. The Morgan fingerprint density at radius 2 is 2.16 bits per heavy atom. The summed E-state index contributed by atoms with van der Waals surface area (Å²) in [5.41, 5.74) is 1.39. The number of nitrogens with one attached hydrogen (secondary N) is 1. The molecule has 2 atom stereocenters. The zero-order valence-corrected chi connectivity index (χ0v) is 12.6. The van der Waals surface area contributed by atoms with E-state index >= 15 is 0 Å². The molecule has 0 spiro atoms. The lowest BCUT2D eigenvalue weighted by Crippen LogP contribution is -2.37. The molecule has 0 amide bonds. The number of aromatic nitrogens is 2. The van der Waals surface area contributed by atoms with Gasteiger partial charge >= 0.3 is 0 Å². The van der Waals surface area contributed by atoms with Crippen molar-refractivity contribution in [3.05, 3.63) is 18.2 Å². The first-order valence-corrected chi connectivity index (χ1v) is 7.70. The monoisotopic (exact) mass is 264 g/mol. The van der Waals surface area contributed by atoms with E-state index in [0.717, 1.165) is 19.6 Å². The van der Waals surface area contributed by atoms with Gasteiger partial charge in [-0.15, -0.1) is 0 Å². The number of likely N-dealkylation sites (tertiary alicyclic amines) is 1. The van der Waals surface area contributed by atoms with Gasteiger partial charge in [-0.3, -0.25) is 4.90 Å². The number of imidazole rings is 1. The quantitative estimate of drug-likeness (QED) is 0.886. The van der Waals surface area contributed by atoms with E-state index in [1.807, 2.05) is 6.33 Å². The minimum atomic E-state index is 0.516. The van der Waals surface area contributed by atoms with Crippen LogP contribution < -0.4 is 5.32 Å². The summed E-state index contributed by atoms with van der Waals surface area (Å²) in [4.78, 5) is 7.02. The standard InChI is InChI=1S/C15H28N4/c1-4-18-9-7-6-8-13(10-16-3)15(18)14-11-17-12-19(14)5-2/h11-13,15-16H,4-10H2,1-3H3. The molecule has 108 valence electrons. The van der Waals surface area contributed by atoms with Crippen LogP contribution in [0, 0.1) is 5.92 Å². The van der Waals surface area contributed by atoms with Gasteiger partial charge in [0.15, 0.2) is 0 Å². The fourth-order valence-electron chi connectivity index (χ4n) is 3.42. The third-order valence-corrected chi connectivity index (χ3v) is 4.37. The van der Waals surface area contributed by atoms with Gasteiger partial charge in [-0.25, -0.2) is 4.98 Å². The summed E-state index contributed by atoms with van der Waals surface area (Å²) in [6, 6.07) is 0.516. The summed E-state index contributed by atoms with van der Waals surface area (Å²) in [7, 11) is 2.06. The zero-order chi connectivity index (χ0) is 13.7. The Labute approximate surface area is 117 Å². The first kappa shape index (κ1) is 14.5. The van der Waals surface area contributed by atoms with Crippen molar-refractivity contribution in [1.82, 2.24) is 19.8 Å². The van der Waals surface area contributed by atoms with Gasteiger partial charge < -0.3 is 9.88 Å². The highest BCUT2D eigenvalue weighted by molar-refractivity contribution is 5.09. The summed E-state index contributed by atoms with van der Waals surface area (Å²) in [5, 5.41) is 3.38. The van der Waals surface area contributed by atoms with Gasteiger partial charge in [0.1, 0.15) is 0 Å². The molecule has 1 aliphatic rings. The lowest BCUT2D eigenvalue weighted by atomic mass is 9.92. The summed E-state index contributed by atoms with van der Waals surface area (Å²) < 4.78 is 2.31. The van der Waals surface area contributed by atoms with Crippen LogP contribution in [0.5, 0.6) is 0 Å². The zero-order valence-electron chi connectivity index (χ0n) is 12.6. The lowest BCUT2D eigenvalue weighted by Gasteiger charge is -2.34. The van der Waals surface area contributed by atoms with Gasteiger partial charge in [-0.1, -0.05) is 13.3 Å². The minimum absolute atomic E-state index is 0.516. The van der Waals surface area contributed by atoms with Crippen molar-refractivity contribution in [2.24, 2.45) is 5.92 Å². The normalized spacial score (nSPS) is 25.4. The van der Waals surface area contributed by atoms with E-state index in [0.29, 0.717) is 12.0 Å². The molecule has 1 fully saturated rings. The third kappa shape index (κ3) is 3.18. The third-order valence-electron chi connectivity index (χ3n) is 4.37. The number of aryl methyl sites for hydroxylation is 1. The molecule has 2 unspecified atom stereocenters. The second-order valence-corrected chi connectivity index (χ2v) is 5.49. The second kappa shape index (κ2) is 7.06. The first-order valence-electron chi connectivity index (χ1n) is 7.70. The Balaban J connectivity index is 2.31. The van der Waals surface area contributed by atoms with Gasteiger partial charge in [0.05, 0.1) is 18.1 Å². The Kier molecular flexibility index (Phi) is 5.40. The van der Waals surface area contributed by atoms with E-state index in [-0.39, 0.29) is 0 Å². The van der Waals surface area contributed by atoms with Crippen molar-refractivity contribution in [3.63, 3.8) is 0 Å². The Morgan fingerprint density at radius 3 is 2.84 bits per heavy atom. The molecule has 1 N–H and O–H groups in total. The van der Waals surface area contributed by atoms with Crippen molar-refractivity contribution >= 4 is 0 Å². The van der Waals surface area contributed by atoms with E-state index in [2.05, 4.69) is 46.9 Å². The van der Waals surface area contributed by atoms with Crippen LogP contribution >= 0.6 is 0 Å². The summed E-state index contributed by atoms with van der Waals surface area (Å²) in [5.74, 6) is 0.689. The molecule has 0 bridgehead atoms. The fraction of sp³-hybridized carbons (Fsp3) is 0.800. The van der Waals surface area contributed by atoms with Crippen LogP contribution in [-0.4, -0.2) is 41.1 Å². The van der Waals surface area contributed by atoms with Crippen LogP contribution in [0.4, 0.5) is 0 Å². The van der Waals surface area contributed by atoms with Crippen LogP contribution in [0.1, 0.15) is 44.8 Å². The topological polar surface area (TPSA) is 33.1 Å². The number of hydrogen-bond acceptors (Lipinski definition) is 3. The van der Waals surface area contributed by atoms with Gasteiger partial charge in [0.25, 0.3) is 0 Å². The van der Waals surface area contributed by atoms with Crippen molar-refractivity contribution in [3.8, 4) is 0 Å². The molecule has 1 saturated heterocycles. The van der Waals surface area contributed by atoms with Crippen molar-refractivity contribution < 1.29 is 0 Å². The van der Waals surface area contributed by atoms with Gasteiger partial charge in [0.2, 0.25) is 0 Å². The van der Waals surface area contributed by atoms with Crippen molar-refractivity contribution in [1.29, 1.82) is 0 Å². The molecule has 0 aromatic carbocycles. The number of nitrogens with zero attached hydrogens (tertiary/aromatic N) is 3. The maximum absolute atomic E-state index is 4.38. The smallest absolute Gasteiger partial charge is 0.0948 e. The highest BCUT2D eigenvalue weighted by Crippen LogP contribution is 2.34. The molecule has 19 heavy (non-hydrogen) atoms. The summed E-state index contributed by atoms with van der Waals surface area (Å²) in [6.45, 7) is 8.93. The van der Waals surface area contributed by atoms with Gasteiger partial charge in [0, 0.05) is 12.7 Å². The van der Waals surface area contributed by atoms with Crippen LogP contribution in [-0.2, 0) is 6.54 Å². The molecule has 1 aliphatic heterocycles. The molecule has 0 saturated carbocycles. The molecular weight excluding hydrogens is 236 g/mol.